The number of benzene rings is 1. The van der Waals surface area contributed by atoms with Crippen LogP contribution in [0.25, 0.3) is 0 Å². The highest BCUT2D eigenvalue weighted by Gasteiger charge is 2.20. The van der Waals surface area contributed by atoms with Gasteiger partial charge in [0.15, 0.2) is 0 Å². The monoisotopic (exact) mass is 268 g/mol. The van der Waals surface area contributed by atoms with Gasteiger partial charge in [0.25, 0.3) is 0 Å². The van der Waals surface area contributed by atoms with Crippen LogP contribution in [0.3, 0.4) is 0 Å². The predicted octanol–water partition coefficient (Wildman–Crippen LogP) is 1.22. The Kier molecular flexibility index (Phi) is 5.29. The number of rotatable bonds is 5. The Morgan fingerprint density at radius 2 is 2.11 bits per heavy atom. The lowest BCUT2D eigenvalue weighted by Gasteiger charge is -2.17. The largest absolute Gasteiger partial charge is 0.467 e. The number of halogens is 1. The van der Waals surface area contributed by atoms with Crippen molar-refractivity contribution in [2.24, 2.45) is 0 Å². The molecule has 1 aromatic carbocycles. The molecule has 0 aliphatic heterocycles. The normalized spacial score (nSPS) is 11.6. The summed E-state index contributed by atoms with van der Waals surface area (Å²) in [4.78, 5) is 22.4. The number of amides is 1. The molecule has 1 atom stereocenters. The van der Waals surface area contributed by atoms with Crippen LogP contribution < -0.4 is 10.6 Å². The number of aryl methyl sites for hydroxylation is 1. The van der Waals surface area contributed by atoms with Crippen molar-refractivity contribution in [3.05, 3.63) is 29.6 Å². The molecule has 0 saturated heterocycles. The maximum absolute atomic E-state index is 13.6. The van der Waals surface area contributed by atoms with Gasteiger partial charge in [-0.05, 0) is 24.6 Å². The lowest BCUT2D eigenvalue weighted by molar-refractivity contribution is -0.144. The topological polar surface area (TPSA) is 67.4 Å². The number of carbonyl (C=O) groups is 2. The number of ether oxygens (including phenoxy) is 1. The second-order valence-corrected chi connectivity index (χ2v) is 4.14. The van der Waals surface area contributed by atoms with Gasteiger partial charge in [0, 0.05) is 13.5 Å². The van der Waals surface area contributed by atoms with Crippen LogP contribution in [0.5, 0.6) is 0 Å². The van der Waals surface area contributed by atoms with E-state index in [9.17, 15) is 14.0 Å². The van der Waals surface area contributed by atoms with E-state index in [1.54, 1.807) is 19.1 Å². The van der Waals surface area contributed by atoms with Crippen LogP contribution in [0.15, 0.2) is 18.2 Å². The van der Waals surface area contributed by atoms with E-state index >= 15 is 0 Å². The summed E-state index contributed by atoms with van der Waals surface area (Å²) < 4.78 is 18.1. The Hall–Kier alpha value is -2.11. The molecule has 1 unspecified atom stereocenters. The number of nitrogens with one attached hydrogen (secondary N) is 2. The standard InChI is InChI=1S/C13H17FN2O3/c1-8-4-5-11(10(14)6-8)15-7-12(13(18)19-3)16-9(2)17/h4-6,12,15H,7H2,1-3H3,(H,16,17). The summed E-state index contributed by atoms with van der Waals surface area (Å²) in [5.74, 6) is -1.36. The molecule has 0 radical (unpaired) electrons. The van der Waals surface area contributed by atoms with Gasteiger partial charge in [-0.3, -0.25) is 4.79 Å². The molecule has 0 heterocycles. The highest BCUT2D eigenvalue weighted by atomic mass is 19.1. The zero-order valence-electron chi connectivity index (χ0n) is 11.1. The molecule has 6 heteroatoms. The summed E-state index contributed by atoms with van der Waals surface area (Å²) in [6.07, 6.45) is 0. The van der Waals surface area contributed by atoms with Gasteiger partial charge in [-0.1, -0.05) is 6.07 Å². The molecule has 1 amide bonds. The molecule has 1 aromatic rings. The van der Waals surface area contributed by atoms with Crippen molar-refractivity contribution in [3.8, 4) is 0 Å². The average Bonchev–Trinajstić information content (AvgIpc) is 2.34. The molecule has 2 N–H and O–H groups in total. The Morgan fingerprint density at radius 3 is 2.63 bits per heavy atom. The van der Waals surface area contributed by atoms with Gasteiger partial charge in [-0.2, -0.15) is 0 Å². The summed E-state index contributed by atoms with van der Waals surface area (Å²) in [5.41, 5.74) is 1.07. The molecular formula is C13H17FN2O3. The summed E-state index contributed by atoms with van der Waals surface area (Å²) in [6, 6.07) is 3.85. The number of carbonyl (C=O) groups excluding carboxylic acids is 2. The van der Waals surface area contributed by atoms with Crippen molar-refractivity contribution in [1.82, 2.24) is 5.32 Å². The fraction of sp³-hybridized carbons (Fsp3) is 0.385. The SMILES string of the molecule is COC(=O)C(CNc1ccc(C)cc1F)NC(C)=O. The van der Waals surface area contributed by atoms with E-state index in [0.717, 1.165) is 5.56 Å². The molecule has 0 spiro atoms. The molecule has 0 aromatic heterocycles. The molecule has 104 valence electrons. The number of hydrogen-bond acceptors (Lipinski definition) is 4. The molecule has 5 nitrogen and oxygen atoms in total. The van der Waals surface area contributed by atoms with Crippen LogP contribution in [0.4, 0.5) is 10.1 Å². The van der Waals surface area contributed by atoms with Gasteiger partial charge >= 0.3 is 5.97 Å². The van der Waals surface area contributed by atoms with Gasteiger partial charge in [0.1, 0.15) is 11.9 Å². The third kappa shape index (κ3) is 4.57. The Balaban J connectivity index is 2.70. The van der Waals surface area contributed by atoms with Crippen LogP contribution in [0.1, 0.15) is 12.5 Å². The zero-order chi connectivity index (χ0) is 14.4. The van der Waals surface area contributed by atoms with Gasteiger partial charge < -0.3 is 15.4 Å². The summed E-state index contributed by atoms with van der Waals surface area (Å²) in [5, 5.41) is 5.20. The number of hydrogen-bond donors (Lipinski definition) is 2. The molecule has 0 fully saturated rings. The van der Waals surface area contributed by atoms with E-state index in [-0.39, 0.29) is 18.1 Å². The first-order valence-corrected chi connectivity index (χ1v) is 5.79. The third-order valence-electron chi connectivity index (χ3n) is 2.48. The number of anilines is 1. The molecule has 1 rings (SSSR count). The van der Waals surface area contributed by atoms with Crippen LogP contribution >= 0.6 is 0 Å². The molecule has 0 aliphatic rings. The predicted molar refractivity (Wildman–Crippen MR) is 69.2 cm³/mol. The lowest BCUT2D eigenvalue weighted by atomic mass is 10.2. The summed E-state index contributed by atoms with van der Waals surface area (Å²) in [6.45, 7) is 3.12. The minimum atomic E-state index is -0.858. The van der Waals surface area contributed by atoms with E-state index in [0.29, 0.717) is 0 Å². The summed E-state index contributed by atoms with van der Waals surface area (Å²) >= 11 is 0. The second-order valence-electron chi connectivity index (χ2n) is 4.14. The van der Waals surface area contributed by atoms with E-state index in [2.05, 4.69) is 15.4 Å². The van der Waals surface area contributed by atoms with Gasteiger partial charge in [-0.15, -0.1) is 0 Å². The van der Waals surface area contributed by atoms with Crippen molar-refractivity contribution in [1.29, 1.82) is 0 Å². The van der Waals surface area contributed by atoms with E-state index < -0.39 is 17.8 Å². The summed E-state index contributed by atoms with van der Waals surface area (Å²) in [7, 11) is 1.23. The first-order chi connectivity index (χ1) is 8.93. The number of methoxy groups -OCH3 is 1. The minimum Gasteiger partial charge on any atom is -0.467 e. The van der Waals surface area contributed by atoms with E-state index in [1.165, 1.54) is 20.1 Å². The molecule has 0 aliphatic carbocycles. The molecular weight excluding hydrogens is 251 g/mol. The zero-order valence-corrected chi connectivity index (χ0v) is 11.1. The first-order valence-electron chi connectivity index (χ1n) is 5.79. The Bertz CT molecular complexity index is 477. The fourth-order valence-corrected chi connectivity index (χ4v) is 1.56. The van der Waals surface area contributed by atoms with Crippen molar-refractivity contribution >= 4 is 17.6 Å². The maximum Gasteiger partial charge on any atom is 0.330 e. The Morgan fingerprint density at radius 1 is 1.42 bits per heavy atom. The van der Waals surface area contributed by atoms with Crippen LogP contribution in [0.2, 0.25) is 0 Å². The maximum atomic E-state index is 13.6. The lowest BCUT2D eigenvalue weighted by Crippen LogP contribution is -2.45. The highest BCUT2D eigenvalue weighted by Crippen LogP contribution is 2.15. The van der Waals surface area contributed by atoms with Crippen molar-refractivity contribution in [3.63, 3.8) is 0 Å². The minimum absolute atomic E-state index is 0.0479. The molecule has 19 heavy (non-hydrogen) atoms. The van der Waals surface area contributed by atoms with E-state index in [1.807, 2.05) is 0 Å². The van der Waals surface area contributed by atoms with Gasteiger partial charge in [0.2, 0.25) is 5.91 Å². The van der Waals surface area contributed by atoms with Crippen LogP contribution in [-0.4, -0.2) is 31.6 Å². The van der Waals surface area contributed by atoms with Crippen molar-refractivity contribution in [2.75, 3.05) is 19.0 Å². The van der Waals surface area contributed by atoms with Crippen LogP contribution in [-0.2, 0) is 14.3 Å². The Labute approximate surface area is 111 Å². The second kappa shape index (κ2) is 6.72. The third-order valence-corrected chi connectivity index (χ3v) is 2.48. The first kappa shape index (κ1) is 14.9. The molecule has 0 bridgehead atoms. The van der Waals surface area contributed by atoms with Crippen LogP contribution in [0, 0.1) is 12.7 Å². The quantitative estimate of drug-likeness (QED) is 0.788. The fourth-order valence-electron chi connectivity index (χ4n) is 1.56. The van der Waals surface area contributed by atoms with Crippen molar-refractivity contribution in [2.45, 2.75) is 19.9 Å². The molecule has 0 saturated carbocycles. The van der Waals surface area contributed by atoms with Gasteiger partial charge in [-0.25, -0.2) is 9.18 Å². The number of esters is 1. The van der Waals surface area contributed by atoms with Gasteiger partial charge in [0.05, 0.1) is 12.8 Å². The van der Waals surface area contributed by atoms with Crippen molar-refractivity contribution < 1.29 is 18.7 Å². The smallest absolute Gasteiger partial charge is 0.330 e. The highest BCUT2D eigenvalue weighted by molar-refractivity contribution is 5.83. The van der Waals surface area contributed by atoms with E-state index in [4.69, 9.17) is 0 Å². The average molecular weight is 268 g/mol.